The molecule has 2 heterocycles. The van der Waals surface area contributed by atoms with Crippen LogP contribution in [0.5, 0.6) is 0 Å². The first-order chi connectivity index (χ1) is 10.7. The summed E-state index contributed by atoms with van der Waals surface area (Å²) in [5, 5.41) is 0. The molecular formula is C17H18BrN3O. The van der Waals surface area contributed by atoms with Crippen molar-refractivity contribution in [2.75, 3.05) is 18.5 Å². The third-order valence-corrected chi connectivity index (χ3v) is 3.72. The zero-order chi connectivity index (χ0) is 16.1. The molecule has 3 rings (SSSR count). The molecule has 0 bridgehead atoms. The minimum absolute atomic E-state index is 0.0282. The van der Waals surface area contributed by atoms with Crippen LogP contribution in [0.2, 0.25) is 0 Å². The van der Waals surface area contributed by atoms with Crippen molar-refractivity contribution in [3.8, 4) is 0 Å². The molecule has 1 aliphatic rings. The highest BCUT2D eigenvalue weighted by molar-refractivity contribution is 9.10. The molecule has 0 spiro atoms. The molecule has 0 saturated carbocycles. The highest BCUT2D eigenvalue weighted by atomic mass is 79.9. The highest BCUT2D eigenvalue weighted by Gasteiger charge is 2.22. The summed E-state index contributed by atoms with van der Waals surface area (Å²) in [7, 11) is 1.77. The van der Waals surface area contributed by atoms with E-state index in [9.17, 15) is 4.79 Å². The molecule has 2 aromatic rings. The first-order valence-electron chi connectivity index (χ1n) is 7.19. The Bertz CT molecular complexity index is 698. The van der Waals surface area contributed by atoms with Crippen LogP contribution in [-0.2, 0) is 4.79 Å². The quantitative estimate of drug-likeness (QED) is 0.779. The highest BCUT2D eigenvalue weighted by Crippen LogP contribution is 2.28. The lowest BCUT2D eigenvalue weighted by Gasteiger charge is -2.17. The second-order valence-electron chi connectivity index (χ2n) is 4.49. The van der Waals surface area contributed by atoms with Gasteiger partial charge < -0.3 is 4.90 Å². The molecule has 1 aromatic carbocycles. The molecule has 1 aliphatic heterocycles. The topological polar surface area (TPSA) is 45.6 Å². The van der Waals surface area contributed by atoms with E-state index in [1.807, 2.05) is 50.2 Å². The molecule has 1 aromatic heterocycles. The Kier molecular flexibility index (Phi) is 5.44. The minimum Gasteiger partial charge on any atom is -0.313 e. The number of carbonyl (C=O) groups excluding carboxylic acids is 1. The molecule has 5 heteroatoms. The number of fused-ring (bicyclic) bond motifs is 1. The number of benzene rings is 1. The Morgan fingerprint density at radius 3 is 2.64 bits per heavy atom. The van der Waals surface area contributed by atoms with E-state index in [2.05, 4.69) is 25.9 Å². The summed E-state index contributed by atoms with van der Waals surface area (Å²) >= 11 is 3.47. The van der Waals surface area contributed by atoms with Gasteiger partial charge in [0.15, 0.2) is 0 Å². The van der Waals surface area contributed by atoms with Gasteiger partial charge in [-0.25, -0.2) is 0 Å². The lowest BCUT2D eigenvalue weighted by molar-refractivity contribution is -0.116. The molecule has 0 unspecified atom stereocenters. The van der Waals surface area contributed by atoms with Crippen molar-refractivity contribution in [3.63, 3.8) is 0 Å². The van der Waals surface area contributed by atoms with Gasteiger partial charge in [0.1, 0.15) is 6.54 Å². The summed E-state index contributed by atoms with van der Waals surface area (Å²) in [5.74, 6) is -0.0282. The van der Waals surface area contributed by atoms with Gasteiger partial charge >= 0.3 is 0 Å². The third-order valence-electron chi connectivity index (χ3n) is 3.23. The van der Waals surface area contributed by atoms with Crippen LogP contribution in [0.1, 0.15) is 25.1 Å². The lowest BCUT2D eigenvalue weighted by atomic mass is 10.0. The summed E-state index contributed by atoms with van der Waals surface area (Å²) in [6, 6.07) is 11.5. The number of aliphatic imine (C=N–C) groups is 1. The van der Waals surface area contributed by atoms with E-state index in [4.69, 9.17) is 0 Å². The van der Waals surface area contributed by atoms with Gasteiger partial charge in [0.05, 0.1) is 17.1 Å². The summed E-state index contributed by atoms with van der Waals surface area (Å²) < 4.78 is 0.947. The number of nitrogens with zero attached hydrogens (tertiary/aromatic N) is 3. The number of carbonyl (C=O) groups is 1. The van der Waals surface area contributed by atoms with E-state index in [0.29, 0.717) is 0 Å². The Balaban J connectivity index is 0.000000847. The maximum absolute atomic E-state index is 12.0. The van der Waals surface area contributed by atoms with Crippen molar-refractivity contribution in [1.82, 2.24) is 4.98 Å². The SMILES string of the molecule is CC.CN1C(=O)CN=C(c2ccccn2)c2cc(Br)ccc21. The molecule has 0 radical (unpaired) electrons. The summed E-state index contributed by atoms with van der Waals surface area (Å²) in [5.41, 5.74) is 3.28. The zero-order valence-corrected chi connectivity index (χ0v) is 14.5. The van der Waals surface area contributed by atoms with Crippen molar-refractivity contribution in [2.24, 2.45) is 4.99 Å². The Labute approximate surface area is 139 Å². The molecule has 4 nitrogen and oxygen atoms in total. The predicted octanol–water partition coefficient (Wildman–Crippen LogP) is 3.68. The number of aromatic nitrogens is 1. The number of rotatable bonds is 1. The van der Waals surface area contributed by atoms with Crippen molar-refractivity contribution >= 4 is 33.2 Å². The number of halogens is 1. The van der Waals surface area contributed by atoms with Crippen LogP contribution in [0, 0.1) is 0 Å². The summed E-state index contributed by atoms with van der Waals surface area (Å²) in [6.07, 6.45) is 1.73. The fourth-order valence-electron chi connectivity index (χ4n) is 2.18. The van der Waals surface area contributed by atoms with Crippen molar-refractivity contribution in [1.29, 1.82) is 0 Å². The van der Waals surface area contributed by atoms with Gasteiger partial charge in [-0.2, -0.15) is 0 Å². The number of pyridine rings is 1. The zero-order valence-electron chi connectivity index (χ0n) is 12.9. The first-order valence-corrected chi connectivity index (χ1v) is 7.98. The number of likely N-dealkylation sites (N-methyl/N-ethyl adjacent to an activating group) is 1. The fraction of sp³-hybridized carbons (Fsp3) is 0.235. The van der Waals surface area contributed by atoms with E-state index in [1.165, 1.54) is 0 Å². The first kappa shape index (κ1) is 16.4. The second kappa shape index (κ2) is 7.31. The Hall–Kier alpha value is -2.01. The van der Waals surface area contributed by atoms with Gasteiger partial charge in [-0.3, -0.25) is 14.8 Å². The number of hydrogen-bond donors (Lipinski definition) is 0. The second-order valence-corrected chi connectivity index (χ2v) is 5.41. The van der Waals surface area contributed by atoms with E-state index in [-0.39, 0.29) is 12.5 Å². The molecule has 0 saturated heterocycles. The Morgan fingerprint density at radius 2 is 1.95 bits per heavy atom. The van der Waals surface area contributed by atoms with Crippen LogP contribution in [0.4, 0.5) is 5.69 Å². The van der Waals surface area contributed by atoms with Crippen LogP contribution in [-0.4, -0.2) is 30.2 Å². The van der Waals surface area contributed by atoms with Gasteiger partial charge in [0.25, 0.3) is 0 Å². The average Bonchev–Trinajstić information content (AvgIpc) is 2.68. The van der Waals surface area contributed by atoms with Crippen LogP contribution >= 0.6 is 15.9 Å². The number of anilines is 1. The van der Waals surface area contributed by atoms with Crippen LogP contribution in [0.15, 0.2) is 52.1 Å². The van der Waals surface area contributed by atoms with Gasteiger partial charge in [-0.1, -0.05) is 35.8 Å². The van der Waals surface area contributed by atoms with Crippen LogP contribution in [0.3, 0.4) is 0 Å². The van der Waals surface area contributed by atoms with Crippen LogP contribution in [0.25, 0.3) is 0 Å². The Morgan fingerprint density at radius 1 is 1.18 bits per heavy atom. The molecule has 1 amide bonds. The third kappa shape index (κ3) is 3.25. The summed E-state index contributed by atoms with van der Waals surface area (Å²) in [4.78, 5) is 22.5. The fourth-order valence-corrected chi connectivity index (χ4v) is 2.55. The number of amides is 1. The number of hydrogen-bond acceptors (Lipinski definition) is 3. The maximum Gasteiger partial charge on any atom is 0.248 e. The van der Waals surface area contributed by atoms with Crippen molar-refractivity contribution in [3.05, 3.63) is 58.3 Å². The molecule has 0 fully saturated rings. The molecule has 22 heavy (non-hydrogen) atoms. The standard InChI is InChI=1S/C15H12BrN3O.C2H6/c1-19-13-6-5-10(16)8-11(13)15(18-9-14(19)20)12-4-2-3-7-17-12;1-2/h2-8H,9H2,1H3;1-2H3. The average molecular weight is 360 g/mol. The van der Waals surface area contributed by atoms with Gasteiger partial charge in [-0.15, -0.1) is 0 Å². The predicted molar refractivity (Wildman–Crippen MR) is 93.6 cm³/mol. The molecular weight excluding hydrogens is 342 g/mol. The molecule has 114 valence electrons. The minimum atomic E-state index is -0.0282. The number of benzodiazepines with no additional fused rings is 1. The van der Waals surface area contributed by atoms with Crippen LogP contribution < -0.4 is 4.90 Å². The lowest BCUT2D eigenvalue weighted by Crippen LogP contribution is -2.27. The van der Waals surface area contributed by atoms with Gasteiger partial charge in [-0.05, 0) is 30.3 Å². The normalized spacial score (nSPS) is 13.5. The summed E-state index contributed by atoms with van der Waals surface area (Å²) in [6.45, 7) is 4.13. The maximum atomic E-state index is 12.0. The van der Waals surface area contributed by atoms with Gasteiger partial charge in [0.2, 0.25) is 5.91 Å². The van der Waals surface area contributed by atoms with Crippen molar-refractivity contribution < 1.29 is 4.79 Å². The monoisotopic (exact) mass is 359 g/mol. The van der Waals surface area contributed by atoms with E-state index in [0.717, 1.165) is 27.1 Å². The van der Waals surface area contributed by atoms with Gasteiger partial charge in [0, 0.05) is 23.3 Å². The molecule has 0 atom stereocenters. The van der Waals surface area contributed by atoms with E-state index in [1.54, 1.807) is 18.1 Å². The van der Waals surface area contributed by atoms with Crippen molar-refractivity contribution in [2.45, 2.75) is 13.8 Å². The largest absolute Gasteiger partial charge is 0.313 e. The smallest absolute Gasteiger partial charge is 0.248 e. The molecule has 0 aliphatic carbocycles. The van der Waals surface area contributed by atoms with E-state index < -0.39 is 0 Å². The van der Waals surface area contributed by atoms with E-state index >= 15 is 0 Å². The molecule has 0 N–H and O–H groups in total.